The summed E-state index contributed by atoms with van der Waals surface area (Å²) in [6.07, 6.45) is 4.49. The molecule has 0 saturated heterocycles. The Morgan fingerprint density at radius 1 is 1.29 bits per heavy atom. The van der Waals surface area contributed by atoms with Gasteiger partial charge in [0, 0.05) is 5.41 Å². The van der Waals surface area contributed by atoms with E-state index in [0.29, 0.717) is 0 Å². The first kappa shape index (κ1) is 16.2. The van der Waals surface area contributed by atoms with Crippen molar-refractivity contribution in [3.63, 3.8) is 0 Å². The zero-order chi connectivity index (χ0) is 15.5. The highest BCUT2D eigenvalue weighted by Gasteiger charge is 2.36. The fourth-order valence-corrected chi connectivity index (χ4v) is 4.24. The highest BCUT2D eigenvalue weighted by atomic mass is 32.2. The predicted octanol–water partition coefficient (Wildman–Crippen LogP) is 2.75. The van der Waals surface area contributed by atoms with Crippen LogP contribution in [0.15, 0.2) is 18.2 Å². The molecule has 1 aliphatic rings. The summed E-state index contributed by atoms with van der Waals surface area (Å²) in [4.78, 5) is 0. The van der Waals surface area contributed by atoms with Crippen molar-refractivity contribution in [2.24, 2.45) is 10.6 Å². The second-order valence-electron chi connectivity index (χ2n) is 6.09. The molecule has 0 amide bonds. The SMILES string of the molecule is Cc1ccc(F)c(OCC2(CS(N)(=O)=O)CCCCC2)c1. The van der Waals surface area contributed by atoms with E-state index in [1.54, 1.807) is 12.1 Å². The molecule has 118 valence electrons. The molecular formula is C15H22FNO3S. The summed E-state index contributed by atoms with van der Waals surface area (Å²) >= 11 is 0. The molecule has 0 atom stereocenters. The molecule has 2 rings (SSSR count). The van der Waals surface area contributed by atoms with Gasteiger partial charge in [0.25, 0.3) is 0 Å². The normalized spacial score (nSPS) is 18.4. The zero-order valence-corrected chi connectivity index (χ0v) is 13.1. The van der Waals surface area contributed by atoms with E-state index < -0.39 is 21.3 Å². The van der Waals surface area contributed by atoms with E-state index in [9.17, 15) is 12.8 Å². The number of benzene rings is 1. The van der Waals surface area contributed by atoms with Crippen LogP contribution in [0.2, 0.25) is 0 Å². The summed E-state index contributed by atoms with van der Waals surface area (Å²) in [5.41, 5.74) is 0.401. The molecule has 2 N–H and O–H groups in total. The van der Waals surface area contributed by atoms with E-state index in [0.717, 1.165) is 37.7 Å². The van der Waals surface area contributed by atoms with Gasteiger partial charge < -0.3 is 4.74 Å². The van der Waals surface area contributed by atoms with Gasteiger partial charge in [-0.1, -0.05) is 25.3 Å². The fraction of sp³-hybridized carbons (Fsp3) is 0.600. The van der Waals surface area contributed by atoms with E-state index in [1.807, 2.05) is 6.92 Å². The number of nitrogens with two attached hydrogens (primary N) is 1. The largest absolute Gasteiger partial charge is 0.490 e. The van der Waals surface area contributed by atoms with E-state index in [-0.39, 0.29) is 18.1 Å². The second-order valence-corrected chi connectivity index (χ2v) is 7.70. The highest BCUT2D eigenvalue weighted by Crippen LogP contribution is 2.38. The summed E-state index contributed by atoms with van der Waals surface area (Å²) < 4.78 is 42.3. The summed E-state index contributed by atoms with van der Waals surface area (Å²) in [5, 5.41) is 5.22. The van der Waals surface area contributed by atoms with Crippen LogP contribution in [-0.2, 0) is 10.0 Å². The molecule has 1 fully saturated rings. The Morgan fingerprint density at radius 3 is 2.57 bits per heavy atom. The monoisotopic (exact) mass is 315 g/mol. The Kier molecular flexibility index (Phi) is 4.88. The Hall–Kier alpha value is -1.14. The zero-order valence-electron chi connectivity index (χ0n) is 12.3. The predicted molar refractivity (Wildman–Crippen MR) is 80.1 cm³/mol. The van der Waals surface area contributed by atoms with E-state index in [1.165, 1.54) is 6.07 Å². The number of primary sulfonamides is 1. The lowest BCUT2D eigenvalue weighted by Gasteiger charge is -2.36. The second kappa shape index (κ2) is 6.32. The number of ether oxygens (including phenoxy) is 1. The van der Waals surface area contributed by atoms with Crippen molar-refractivity contribution in [3.05, 3.63) is 29.6 Å². The van der Waals surface area contributed by atoms with Gasteiger partial charge in [-0.25, -0.2) is 17.9 Å². The number of aryl methyl sites for hydroxylation is 1. The van der Waals surface area contributed by atoms with Gasteiger partial charge in [-0.15, -0.1) is 0 Å². The van der Waals surface area contributed by atoms with Gasteiger partial charge in [0.1, 0.15) is 0 Å². The molecule has 0 unspecified atom stereocenters. The Morgan fingerprint density at radius 2 is 1.95 bits per heavy atom. The van der Waals surface area contributed by atoms with Crippen LogP contribution >= 0.6 is 0 Å². The molecule has 1 aliphatic carbocycles. The molecule has 0 radical (unpaired) electrons. The van der Waals surface area contributed by atoms with Crippen molar-refractivity contribution in [2.45, 2.75) is 39.0 Å². The Bertz CT molecular complexity index is 595. The molecule has 1 saturated carbocycles. The van der Waals surface area contributed by atoms with Crippen molar-refractivity contribution < 1.29 is 17.5 Å². The van der Waals surface area contributed by atoms with Crippen molar-refractivity contribution in [1.29, 1.82) is 0 Å². The van der Waals surface area contributed by atoms with Crippen LogP contribution in [0.1, 0.15) is 37.7 Å². The maximum atomic E-state index is 13.7. The van der Waals surface area contributed by atoms with Crippen LogP contribution in [0, 0.1) is 18.2 Å². The standard InChI is InChI=1S/C15H22FNO3S/c1-12-5-6-13(16)14(9-12)20-10-15(11-21(17,18)19)7-3-2-4-8-15/h5-6,9H,2-4,7-8,10-11H2,1H3,(H2,17,18,19). The molecule has 21 heavy (non-hydrogen) atoms. The minimum absolute atomic E-state index is 0.104. The lowest BCUT2D eigenvalue weighted by molar-refractivity contribution is 0.115. The van der Waals surface area contributed by atoms with E-state index >= 15 is 0 Å². The van der Waals surface area contributed by atoms with Gasteiger partial charge in [0.05, 0.1) is 12.4 Å². The summed E-state index contributed by atoms with van der Waals surface area (Å²) in [7, 11) is -3.58. The van der Waals surface area contributed by atoms with Gasteiger partial charge in [-0.05, 0) is 37.5 Å². The highest BCUT2D eigenvalue weighted by molar-refractivity contribution is 7.89. The van der Waals surface area contributed by atoms with Crippen LogP contribution < -0.4 is 9.88 Å². The maximum Gasteiger partial charge on any atom is 0.209 e. The van der Waals surface area contributed by atoms with Gasteiger partial charge >= 0.3 is 0 Å². The van der Waals surface area contributed by atoms with E-state index in [2.05, 4.69) is 0 Å². The van der Waals surface area contributed by atoms with Crippen LogP contribution in [0.5, 0.6) is 5.75 Å². The van der Waals surface area contributed by atoms with Crippen molar-refractivity contribution in [2.75, 3.05) is 12.4 Å². The van der Waals surface area contributed by atoms with Crippen LogP contribution in [0.3, 0.4) is 0 Å². The Labute approximate surface area is 125 Å². The molecule has 4 nitrogen and oxygen atoms in total. The summed E-state index contributed by atoms with van der Waals surface area (Å²) in [6.45, 7) is 2.04. The number of sulfonamides is 1. The van der Waals surface area contributed by atoms with Gasteiger partial charge in [0.15, 0.2) is 11.6 Å². The number of hydrogen-bond donors (Lipinski definition) is 1. The van der Waals surface area contributed by atoms with Crippen molar-refractivity contribution in [3.8, 4) is 5.75 Å². The maximum absolute atomic E-state index is 13.7. The molecule has 0 aliphatic heterocycles. The first-order chi connectivity index (χ1) is 9.80. The molecule has 0 heterocycles. The minimum Gasteiger partial charge on any atom is -0.490 e. The van der Waals surface area contributed by atoms with Gasteiger partial charge in [0.2, 0.25) is 10.0 Å². The third-order valence-electron chi connectivity index (χ3n) is 4.04. The quantitative estimate of drug-likeness (QED) is 0.908. The number of rotatable bonds is 5. The first-order valence-corrected chi connectivity index (χ1v) is 8.91. The fourth-order valence-electron chi connectivity index (χ4n) is 3.01. The van der Waals surface area contributed by atoms with Gasteiger partial charge in [-0.2, -0.15) is 0 Å². The molecule has 6 heteroatoms. The lowest BCUT2D eigenvalue weighted by atomic mass is 9.76. The third kappa shape index (κ3) is 4.68. The van der Waals surface area contributed by atoms with Crippen molar-refractivity contribution in [1.82, 2.24) is 0 Å². The minimum atomic E-state index is -3.58. The molecular weight excluding hydrogens is 293 g/mol. The average molecular weight is 315 g/mol. The van der Waals surface area contributed by atoms with Crippen LogP contribution in [0.25, 0.3) is 0 Å². The Balaban J connectivity index is 2.14. The smallest absolute Gasteiger partial charge is 0.209 e. The van der Waals surface area contributed by atoms with E-state index in [4.69, 9.17) is 9.88 Å². The molecule has 1 aromatic carbocycles. The average Bonchev–Trinajstić information content (AvgIpc) is 2.39. The van der Waals surface area contributed by atoms with Gasteiger partial charge in [-0.3, -0.25) is 0 Å². The molecule has 0 bridgehead atoms. The lowest BCUT2D eigenvalue weighted by Crippen LogP contribution is -2.40. The molecule has 1 aromatic rings. The first-order valence-electron chi connectivity index (χ1n) is 7.19. The number of halogens is 1. The summed E-state index contributed by atoms with van der Waals surface area (Å²) in [5.74, 6) is -0.357. The number of hydrogen-bond acceptors (Lipinski definition) is 3. The topological polar surface area (TPSA) is 69.4 Å². The van der Waals surface area contributed by atoms with Crippen LogP contribution in [0.4, 0.5) is 4.39 Å². The van der Waals surface area contributed by atoms with Crippen LogP contribution in [-0.4, -0.2) is 20.8 Å². The van der Waals surface area contributed by atoms with Crippen molar-refractivity contribution >= 4 is 10.0 Å². The summed E-state index contributed by atoms with van der Waals surface area (Å²) in [6, 6.07) is 4.66. The molecule has 0 aromatic heterocycles. The third-order valence-corrected chi connectivity index (χ3v) is 5.06. The molecule has 0 spiro atoms.